The topological polar surface area (TPSA) is 117 Å². The van der Waals surface area contributed by atoms with Crippen molar-refractivity contribution in [1.29, 1.82) is 0 Å². The number of nitrogens with two attached hydrogens (primary N) is 1. The number of nitrogens with zero attached hydrogens (tertiary/aromatic N) is 2. The third kappa shape index (κ3) is 5.77. The second-order valence-electron chi connectivity index (χ2n) is 6.76. The monoisotopic (exact) mass is 441 g/mol. The highest BCUT2D eigenvalue weighted by Gasteiger charge is 2.38. The van der Waals surface area contributed by atoms with Crippen molar-refractivity contribution in [2.24, 2.45) is 5.73 Å². The highest BCUT2D eigenvalue weighted by molar-refractivity contribution is 7.99. The van der Waals surface area contributed by atoms with Gasteiger partial charge in [0.05, 0.1) is 30.7 Å². The van der Waals surface area contributed by atoms with Crippen LogP contribution in [0.15, 0.2) is 12.1 Å². The van der Waals surface area contributed by atoms with Crippen LogP contribution in [0.5, 0.6) is 11.5 Å². The van der Waals surface area contributed by atoms with E-state index in [0.717, 1.165) is 18.6 Å². The molecule has 10 heteroatoms. The van der Waals surface area contributed by atoms with E-state index in [4.69, 9.17) is 19.9 Å². The zero-order chi connectivity index (χ0) is 22.1. The molecule has 1 saturated heterocycles. The molecule has 2 rings (SSSR count). The van der Waals surface area contributed by atoms with Gasteiger partial charge in [0.2, 0.25) is 0 Å². The van der Waals surface area contributed by atoms with Gasteiger partial charge in [0.15, 0.2) is 11.5 Å². The Morgan fingerprint density at radius 1 is 1.40 bits per heavy atom. The lowest BCUT2D eigenvalue weighted by Crippen LogP contribution is -2.43. The van der Waals surface area contributed by atoms with Gasteiger partial charge in [-0.15, -0.1) is 11.8 Å². The first-order valence-corrected chi connectivity index (χ1v) is 11.3. The number of carbonyl (C=O) groups is 1. The number of ether oxygens (including phenoxy) is 3. The first kappa shape index (κ1) is 24.2. The standard InChI is InChI=1S/C20H31N3O6S/c1-4-28-20(30-5-2)15-8-6-10-22(15)19(24)14-12-17(27-3)18(29-11-7-9-21)13-16(14)23(25)26/h12-13,15,20H,4-11,21H2,1-3H3. The van der Waals surface area contributed by atoms with Gasteiger partial charge in [0, 0.05) is 19.2 Å². The van der Waals surface area contributed by atoms with E-state index >= 15 is 0 Å². The Kier molecular flexibility index (Phi) is 9.67. The lowest BCUT2D eigenvalue weighted by Gasteiger charge is -2.31. The summed E-state index contributed by atoms with van der Waals surface area (Å²) >= 11 is 1.64. The number of likely N-dealkylation sites (tertiary alicyclic amines) is 1. The van der Waals surface area contributed by atoms with E-state index in [9.17, 15) is 14.9 Å². The summed E-state index contributed by atoms with van der Waals surface area (Å²) in [5.74, 6) is 0.964. The van der Waals surface area contributed by atoms with E-state index in [1.54, 1.807) is 16.7 Å². The first-order valence-electron chi connectivity index (χ1n) is 10.2. The molecule has 2 atom stereocenters. The van der Waals surface area contributed by atoms with Crippen molar-refractivity contribution >= 4 is 23.4 Å². The summed E-state index contributed by atoms with van der Waals surface area (Å²) in [6.07, 6.45) is 2.23. The average Bonchev–Trinajstić information content (AvgIpc) is 3.22. The van der Waals surface area contributed by atoms with Gasteiger partial charge in [-0.2, -0.15) is 0 Å². The number of rotatable bonds is 12. The molecule has 0 aliphatic carbocycles. The minimum atomic E-state index is -0.561. The molecule has 0 spiro atoms. The van der Waals surface area contributed by atoms with Gasteiger partial charge in [-0.1, -0.05) is 6.92 Å². The minimum Gasteiger partial charge on any atom is -0.493 e. The number of nitro groups is 1. The fourth-order valence-electron chi connectivity index (χ4n) is 3.49. The molecule has 1 aliphatic heterocycles. The number of nitro benzene ring substituents is 1. The Labute approximate surface area is 181 Å². The van der Waals surface area contributed by atoms with Crippen LogP contribution in [-0.4, -0.2) is 66.4 Å². The molecule has 1 aromatic carbocycles. The quantitative estimate of drug-likeness (QED) is 0.228. The molecule has 0 bridgehead atoms. The normalized spacial score (nSPS) is 17.1. The number of methoxy groups -OCH3 is 1. The minimum absolute atomic E-state index is 0.00771. The van der Waals surface area contributed by atoms with E-state index in [-0.39, 0.29) is 34.2 Å². The van der Waals surface area contributed by atoms with Crippen molar-refractivity contribution in [1.82, 2.24) is 4.90 Å². The molecular weight excluding hydrogens is 410 g/mol. The number of amides is 1. The second kappa shape index (κ2) is 12.0. The summed E-state index contributed by atoms with van der Waals surface area (Å²) < 4.78 is 16.8. The van der Waals surface area contributed by atoms with Crippen molar-refractivity contribution in [3.8, 4) is 11.5 Å². The zero-order valence-corrected chi connectivity index (χ0v) is 18.6. The number of benzene rings is 1. The Hall–Kier alpha value is -2.04. The van der Waals surface area contributed by atoms with Crippen LogP contribution in [-0.2, 0) is 4.74 Å². The molecule has 30 heavy (non-hydrogen) atoms. The van der Waals surface area contributed by atoms with Crippen molar-refractivity contribution in [3.05, 3.63) is 27.8 Å². The molecule has 2 unspecified atom stereocenters. The molecule has 1 fully saturated rings. The first-order chi connectivity index (χ1) is 14.5. The highest BCUT2D eigenvalue weighted by Crippen LogP contribution is 2.37. The number of hydrogen-bond acceptors (Lipinski definition) is 8. The van der Waals surface area contributed by atoms with Crippen molar-refractivity contribution in [2.45, 2.75) is 44.6 Å². The van der Waals surface area contributed by atoms with Crippen LogP contribution in [0, 0.1) is 10.1 Å². The van der Waals surface area contributed by atoms with E-state index in [0.29, 0.717) is 32.7 Å². The van der Waals surface area contributed by atoms with Crippen molar-refractivity contribution in [3.63, 3.8) is 0 Å². The molecule has 1 aromatic rings. The maximum atomic E-state index is 13.4. The third-order valence-corrected chi connectivity index (χ3v) is 5.96. The van der Waals surface area contributed by atoms with E-state index in [1.807, 2.05) is 13.8 Å². The van der Waals surface area contributed by atoms with Crippen molar-refractivity contribution < 1.29 is 23.9 Å². The van der Waals surface area contributed by atoms with Crippen LogP contribution >= 0.6 is 11.8 Å². The number of thioether (sulfide) groups is 1. The smallest absolute Gasteiger partial charge is 0.286 e. The lowest BCUT2D eigenvalue weighted by molar-refractivity contribution is -0.385. The molecule has 0 radical (unpaired) electrons. The number of carbonyl (C=O) groups excluding carboxylic acids is 1. The lowest BCUT2D eigenvalue weighted by atomic mass is 10.1. The summed E-state index contributed by atoms with van der Waals surface area (Å²) in [5, 5.41) is 11.7. The van der Waals surface area contributed by atoms with Gasteiger partial charge >= 0.3 is 0 Å². The zero-order valence-electron chi connectivity index (χ0n) is 17.8. The van der Waals surface area contributed by atoms with Gasteiger partial charge in [-0.25, -0.2) is 0 Å². The summed E-state index contributed by atoms with van der Waals surface area (Å²) in [4.78, 5) is 26.2. The molecular formula is C20H31N3O6S. The fraction of sp³-hybridized carbons (Fsp3) is 0.650. The van der Waals surface area contributed by atoms with E-state index < -0.39 is 10.8 Å². The third-order valence-electron chi connectivity index (χ3n) is 4.85. The summed E-state index contributed by atoms with van der Waals surface area (Å²) in [7, 11) is 1.44. The Morgan fingerprint density at radius 3 is 2.77 bits per heavy atom. The summed E-state index contributed by atoms with van der Waals surface area (Å²) in [5.41, 5.74) is 5.00. The maximum absolute atomic E-state index is 13.4. The molecule has 0 saturated carbocycles. The van der Waals surface area contributed by atoms with Gasteiger partial charge in [0.1, 0.15) is 11.0 Å². The SMILES string of the molecule is CCOC(SCC)C1CCCN1C(=O)c1cc(OC)c(OCCCN)cc1[N+](=O)[O-]. The largest absolute Gasteiger partial charge is 0.493 e. The molecule has 2 N–H and O–H groups in total. The molecule has 168 valence electrons. The molecule has 1 amide bonds. The van der Waals surface area contributed by atoms with Crippen LogP contribution in [0.2, 0.25) is 0 Å². The Balaban J connectivity index is 2.37. The summed E-state index contributed by atoms with van der Waals surface area (Å²) in [6.45, 7) is 5.77. The van der Waals surface area contributed by atoms with Crippen LogP contribution < -0.4 is 15.2 Å². The molecule has 1 heterocycles. The Bertz CT molecular complexity index is 727. The molecule has 0 aromatic heterocycles. The highest BCUT2D eigenvalue weighted by atomic mass is 32.2. The van der Waals surface area contributed by atoms with Crippen LogP contribution in [0.25, 0.3) is 0 Å². The molecule has 9 nitrogen and oxygen atoms in total. The average molecular weight is 442 g/mol. The van der Waals surface area contributed by atoms with Crippen LogP contribution in [0.4, 0.5) is 5.69 Å². The molecule has 1 aliphatic rings. The Morgan fingerprint density at radius 2 is 2.17 bits per heavy atom. The van der Waals surface area contributed by atoms with E-state index in [1.165, 1.54) is 19.2 Å². The van der Waals surface area contributed by atoms with E-state index in [2.05, 4.69) is 0 Å². The fourth-order valence-corrected chi connectivity index (χ4v) is 4.56. The second-order valence-corrected chi connectivity index (χ2v) is 8.13. The van der Waals surface area contributed by atoms with Gasteiger partial charge in [-0.05, 0) is 38.5 Å². The number of hydrogen-bond donors (Lipinski definition) is 1. The predicted molar refractivity (Wildman–Crippen MR) is 116 cm³/mol. The predicted octanol–water partition coefficient (Wildman–Crippen LogP) is 3.05. The summed E-state index contributed by atoms with van der Waals surface area (Å²) in [6, 6.07) is 2.53. The van der Waals surface area contributed by atoms with Crippen LogP contribution in [0.1, 0.15) is 43.5 Å². The van der Waals surface area contributed by atoms with Gasteiger partial charge < -0.3 is 24.8 Å². The maximum Gasteiger partial charge on any atom is 0.286 e. The van der Waals surface area contributed by atoms with Gasteiger partial charge in [0.25, 0.3) is 11.6 Å². The van der Waals surface area contributed by atoms with Crippen LogP contribution in [0.3, 0.4) is 0 Å². The van der Waals surface area contributed by atoms with Gasteiger partial charge in [-0.3, -0.25) is 14.9 Å². The van der Waals surface area contributed by atoms with Crippen molar-refractivity contribution in [2.75, 3.05) is 39.2 Å².